The van der Waals surface area contributed by atoms with Crippen LogP contribution in [0.25, 0.3) is 0 Å². The lowest BCUT2D eigenvalue weighted by Gasteiger charge is -2.33. The summed E-state index contributed by atoms with van der Waals surface area (Å²) >= 11 is 0. The number of nitrogens with zero attached hydrogens (tertiary/aromatic N) is 4. The van der Waals surface area contributed by atoms with Gasteiger partial charge in [-0.15, -0.1) is 0 Å². The van der Waals surface area contributed by atoms with E-state index >= 15 is 0 Å². The van der Waals surface area contributed by atoms with Gasteiger partial charge < -0.3 is 5.32 Å². The minimum Gasteiger partial charge on any atom is -0.307 e. The fraction of sp³-hybridized carbons (Fsp3) is 0.458. The van der Waals surface area contributed by atoms with E-state index in [9.17, 15) is 19.2 Å². The second-order valence-corrected chi connectivity index (χ2v) is 9.46. The molecule has 1 unspecified atom stereocenters. The number of nitrogens with one attached hydrogen (secondary N) is 2. The molecule has 1 aromatic heterocycles. The maximum Gasteiger partial charge on any atom is 0.262 e. The number of rotatable bonds is 4. The molecule has 2 saturated heterocycles. The molecule has 2 aromatic rings. The Labute approximate surface area is 196 Å². The van der Waals surface area contributed by atoms with Crippen LogP contribution in [0.1, 0.15) is 69.3 Å². The van der Waals surface area contributed by atoms with Crippen LogP contribution in [0.2, 0.25) is 0 Å². The van der Waals surface area contributed by atoms with Crippen LogP contribution in [0.4, 0.5) is 0 Å². The number of imide groups is 2. The van der Waals surface area contributed by atoms with Crippen molar-refractivity contribution in [2.75, 3.05) is 13.1 Å². The average molecular weight is 463 g/mol. The zero-order valence-corrected chi connectivity index (χ0v) is 18.7. The molecule has 10 nitrogen and oxygen atoms in total. The number of amides is 4. The van der Waals surface area contributed by atoms with Gasteiger partial charge in [-0.05, 0) is 30.9 Å². The van der Waals surface area contributed by atoms with Gasteiger partial charge in [-0.1, -0.05) is 12.1 Å². The molecule has 0 radical (unpaired) electrons. The highest BCUT2D eigenvalue weighted by molar-refractivity contribution is 6.24. The molecule has 1 aromatic carbocycles. The van der Waals surface area contributed by atoms with Gasteiger partial charge in [0.25, 0.3) is 11.8 Å². The smallest absolute Gasteiger partial charge is 0.262 e. The van der Waals surface area contributed by atoms with Crippen LogP contribution < -0.4 is 10.6 Å². The van der Waals surface area contributed by atoms with Gasteiger partial charge in [0.05, 0.1) is 29.1 Å². The molecule has 4 aliphatic heterocycles. The van der Waals surface area contributed by atoms with Crippen molar-refractivity contribution in [3.63, 3.8) is 0 Å². The Morgan fingerprint density at radius 3 is 2.62 bits per heavy atom. The van der Waals surface area contributed by atoms with Crippen molar-refractivity contribution < 1.29 is 19.2 Å². The molecule has 6 rings (SSSR count). The van der Waals surface area contributed by atoms with Gasteiger partial charge >= 0.3 is 0 Å². The molecule has 4 amide bonds. The van der Waals surface area contributed by atoms with E-state index in [2.05, 4.69) is 25.3 Å². The molecule has 0 spiro atoms. The monoisotopic (exact) mass is 462 g/mol. The summed E-state index contributed by atoms with van der Waals surface area (Å²) in [5.41, 5.74) is 4.09. The highest BCUT2D eigenvalue weighted by Crippen LogP contribution is 2.32. The molecule has 4 aliphatic rings. The summed E-state index contributed by atoms with van der Waals surface area (Å²) in [4.78, 5) is 53.6. The molecule has 34 heavy (non-hydrogen) atoms. The summed E-state index contributed by atoms with van der Waals surface area (Å²) < 4.78 is 2.17. The number of fused-ring (bicyclic) bond motifs is 2. The van der Waals surface area contributed by atoms with E-state index in [1.807, 2.05) is 12.3 Å². The van der Waals surface area contributed by atoms with Crippen LogP contribution in [-0.4, -0.2) is 62.3 Å². The number of carbonyl (C=O) groups excluding carboxylic acids is 4. The Morgan fingerprint density at radius 2 is 1.82 bits per heavy atom. The van der Waals surface area contributed by atoms with Crippen molar-refractivity contribution in [2.24, 2.45) is 0 Å². The standard InChI is InChI=1S/C24H26N6O4/c31-20-5-4-18(22(32)27-20)29-23(33)17-3-1-2-14(21(17)24(29)34)13-28-8-6-16(7-9-28)30-19-12-25-10-15(19)11-26-30/h1-3,11,16,18,25H,4-10,12-13H2,(H,27,31,32). The second kappa shape index (κ2) is 8.14. The Balaban J connectivity index is 1.17. The summed E-state index contributed by atoms with van der Waals surface area (Å²) in [7, 11) is 0. The van der Waals surface area contributed by atoms with Gasteiger partial charge in [0, 0.05) is 44.7 Å². The fourth-order valence-corrected chi connectivity index (χ4v) is 5.68. The van der Waals surface area contributed by atoms with Crippen LogP contribution in [0.15, 0.2) is 24.4 Å². The molecule has 176 valence electrons. The minimum absolute atomic E-state index is 0.112. The van der Waals surface area contributed by atoms with E-state index in [4.69, 9.17) is 0 Å². The van der Waals surface area contributed by atoms with Crippen LogP contribution in [0.5, 0.6) is 0 Å². The highest BCUT2D eigenvalue weighted by Gasteiger charge is 2.45. The van der Waals surface area contributed by atoms with E-state index in [1.165, 1.54) is 11.3 Å². The van der Waals surface area contributed by atoms with Crippen molar-refractivity contribution in [3.05, 3.63) is 52.3 Å². The topological polar surface area (TPSA) is 117 Å². The van der Waals surface area contributed by atoms with Gasteiger partial charge in [-0.25, -0.2) is 0 Å². The molecule has 0 aliphatic carbocycles. The fourth-order valence-electron chi connectivity index (χ4n) is 5.68. The van der Waals surface area contributed by atoms with Crippen molar-refractivity contribution in [3.8, 4) is 0 Å². The number of hydrogen-bond acceptors (Lipinski definition) is 7. The Kier molecular flexibility index (Phi) is 5.07. The average Bonchev–Trinajstić information content (AvgIpc) is 3.51. The van der Waals surface area contributed by atoms with Crippen molar-refractivity contribution in [1.29, 1.82) is 0 Å². The number of aromatic nitrogens is 2. The minimum atomic E-state index is -0.945. The maximum absolute atomic E-state index is 13.3. The van der Waals surface area contributed by atoms with Gasteiger partial charge in [-0.3, -0.25) is 39.0 Å². The normalized spacial score (nSPS) is 23.4. The SMILES string of the molecule is O=C1CCC(N2C(=O)c3cccc(CN4CCC(n5ncc6c5CNC6)CC4)c3C2=O)C(=O)N1. The quantitative estimate of drug-likeness (QED) is 0.644. The maximum atomic E-state index is 13.3. The van der Waals surface area contributed by atoms with E-state index in [0.29, 0.717) is 23.7 Å². The lowest BCUT2D eigenvalue weighted by Crippen LogP contribution is -2.54. The molecule has 0 saturated carbocycles. The van der Waals surface area contributed by atoms with E-state index in [-0.39, 0.29) is 18.7 Å². The third kappa shape index (κ3) is 3.36. The second-order valence-electron chi connectivity index (χ2n) is 9.46. The van der Waals surface area contributed by atoms with E-state index in [0.717, 1.165) is 49.5 Å². The summed E-state index contributed by atoms with van der Waals surface area (Å²) in [5, 5.41) is 10.2. The first-order valence-electron chi connectivity index (χ1n) is 11.8. The first kappa shape index (κ1) is 21.2. The van der Waals surface area contributed by atoms with Gasteiger partial charge in [-0.2, -0.15) is 5.10 Å². The van der Waals surface area contributed by atoms with Crippen molar-refractivity contribution in [1.82, 2.24) is 30.2 Å². The summed E-state index contributed by atoms with van der Waals surface area (Å²) in [6, 6.07) is 4.74. The number of carbonyl (C=O) groups is 4. The lowest BCUT2D eigenvalue weighted by atomic mass is 10.00. The van der Waals surface area contributed by atoms with E-state index in [1.54, 1.807) is 12.1 Å². The molecule has 2 fully saturated rings. The highest BCUT2D eigenvalue weighted by atomic mass is 16.2. The van der Waals surface area contributed by atoms with Crippen LogP contribution >= 0.6 is 0 Å². The molecule has 10 heteroatoms. The summed E-state index contributed by atoms with van der Waals surface area (Å²) in [6.45, 7) is 4.06. The number of piperidine rings is 2. The zero-order chi connectivity index (χ0) is 23.4. The Morgan fingerprint density at radius 1 is 1.00 bits per heavy atom. The number of hydrogen-bond donors (Lipinski definition) is 2. The van der Waals surface area contributed by atoms with Crippen molar-refractivity contribution >= 4 is 23.6 Å². The molecule has 2 N–H and O–H groups in total. The molecule has 1 atom stereocenters. The predicted molar refractivity (Wildman–Crippen MR) is 119 cm³/mol. The van der Waals surface area contributed by atoms with Crippen LogP contribution in [0.3, 0.4) is 0 Å². The van der Waals surface area contributed by atoms with E-state index < -0.39 is 23.8 Å². The van der Waals surface area contributed by atoms with Gasteiger partial charge in [0.1, 0.15) is 6.04 Å². The van der Waals surface area contributed by atoms with Crippen LogP contribution in [-0.2, 0) is 29.2 Å². The third-order valence-electron chi connectivity index (χ3n) is 7.44. The van der Waals surface area contributed by atoms with Gasteiger partial charge in [0.15, 0.2) is 0 Å². The van der Waals surface area contributed by atoms with Crippen LogP contribution in [0, 0.1) is 0 Å². The third-order valence-corrected chi connectivity index (χ3v) is 7.44. The first-order chi connectivity index (χ1) is 16.5. The van der Waals surface area contributed by atoms with Gasteiger partial charge in [0.2, 0.25) is 11.8 Å². The zero-order valence-electron chi connectivity index (χ0n) is 18.7. The summed E-state index contributed by atoms with van der Waals surface area (Å²) in [5.74, 6) is -1.87. The Hall–Kier alpha value is -3.37. The molecular weight excluding hydrogens is 436 g/mol. The number of likely N-dealkylation sites (tertiary alicyclic amines) is 1. The summed E-state index contributed by atoms with van der Waals surface area (Å²) in [6.07, 6.45) is 4.18. The first-order valence-corrected chi connectivity index (χ1v) is 11.8. The predicted octanol–water partition coefficient (Wildman–Crippen LogP) is 0.725. The molecule has 5 heterocycles. The molecular formula is C24H26N6O4. The van der Waals surface area contributed by atoms with Crippen molar-refractivity contribution in [2.45, 2.75) is 57.4 Å². The Bertz CT molecular complexity index is 1210. The number of benzene rings is 1. The lowest BCUT2D eigenvalue weighted by molar-refractivity contribution is -0.136. The largest absolute Gasteiger partial charge is 0.307 e. The molecule has 0 bridgehead atoms.